The number of nitrogens with zero attached hydrogens (tertiary/aromatic N) is 4. The van der Waals surface area contributed by atoms with Gasteiger partial charge in [0.25, 0.3) is 0 Å². The molecule has 0 bridgehead atoms. The van der Waals surface area contributed by atoms with Gasteiger partial charge in [0.1, 0.15) is 0 Å². The van der Waals surface area contributed by atoms with Gasteiger partial charge in [0.2, 0.25) is 5.91 Å². The third-order valence-electron chi connectivity index (χ3n) is 5.22. The van der Waals surface area contributed by atoms with Gasteiger partial charge in [0.15, 0.2) is 5.13 Å². The summed E-state index contributed by atoms with van der Waals surface area (Å²) >= 11 is 1.56. The van der Waals surface area contributed by atoms with Gasteiger partial charge in [0, 0.05) is 57.1 Å². The van der Waals surface area contributed by atoms with Gasteiger partial charge in [-0.25, -0.2) is 4.98 Å². The first-order chi connectivity index (χ1) is 12.9. The molecule has 146 valence electrons. The van der Waals surface area contributed by atoms with Gasteiger partial charge in [-0.1, -0.05) is 30.3 Å². The van der Waals surface area contributed by atoms with Crippen LogP contribution in [0.4, 0.5) is 5.13 Å². The number of hydrogen-bond donors (Lipinski definition) is 0. The molecule has 1 saturated heterocycles. The van der Waals surface area contributed by atoms with Gasteiger partial charge in [-0.15, -0.1) is 11.3 Å². The van der Waals surface area contributed by atoms with Crippen LogP contribution in [0.15, 0.2) is 35.7 Å². The molecule has 0 atom stereocenters. The number of carbonyl (C=O) groups excluding carboxylic acids is 1. The van der Waals surface area contributed by atoms with E-state index in [1.54, 1.807) is 23.2 Å². The average Bonchev–Trinajstić information content (AvgIpc) is 3.06. The summed E-state index contributed by atoms with van der Waals surface area (Å²) in [7, 11) is 0. The predicted octanol–water partition coefficient (Wildman–Crippen LogP) is 3.61. The zero-order valence-corrected chi connectivity index (χ0v) is 17.6. The normalized spacial score (nSPS) is 17.8. The Morgan fingerprint density at radius 1 is 1.22 bits per heavy atom. The van der Waals surface area contributed by atoms with E-state index >= 15 is 0 Å². The van der Waals surface area contributed by atoms with E-state index in [-0.39, 0.29) is 11.4 Å². The number of rotatable bonds is 6. The predicted molar refractivity (Wildman–Crippen MR) is 112 cm³/mol. The van der Waals surface area contributed by atoms with E-state index in [0.717, 1.165) is 43.5 Å². The number of carbonyl (C=O) groups is 1. The van der Waals surface area contributed by atoms with Crippen molar-refractivity contribution in [3.05, 3.63) is 47.0 Å². The number of piperazine rings is 1. The molecule has 1 aliphatic heterocycles. The fourth-order valence-corrected chi connectivity index (χ4v) is 4.66. The van der Waals surface area contributed by atoms with Crippen LogP contribution in [0.2, 0.25) is 0 Å². The van der Waals surface area contributed by atoms with E-state index in [4.69, 9.17) is 4.98 Å². The monoisotopic (exact) mass is 386 g/mol. The summed E-state index contributed by atoms with van der Waals surface area (Å²) in [6.07, 6.45) is 0. The topological polar surface area (TPSA) is 39.7 Å². The summed E-state index contributed by atoms with van der Waals surface area (Å²) in [5.74, 6) is 0.0501. The van der Waals surface area contributed by atoms with Crippen molar-refractivity contribution in [3.63, 3.8) is 0 Å². The van der Waals surface area contributed by atoms with Crippen molar-refractivity contribution in [1.29, 1.82) is 0 Å². The standard InChI is InChI=1S/C21H30N4OS/c1-5-25(17(2)26)20-22-19(15-27-20)14-23-11-12-24(21(3,4)16-23)13-18-9-7-6-8-10-18/h6-10,15H,5,11-14,16H2,1-4H3. The minimum absolute atomic E-state index is 0.0501. The average molecular weight is 387 g/mol. The van der Waals surface area contributed by atoms with Crippen molar-refractivity contribution in [1.82, 2.24) is 14.8 Å². The summed E-state index contributed by atoms with van der Waals surface area (Å²) in [5.41, 5.74) is 2.54. The SMILES string of the molecule is CCN(C(C)=O)c1nc(CN2CCN(Cc3ccccc3)C(C)(C)C2)cs1. The van der Waals surface area contributed by atoms with Crippen LogP contribution in [0.3, 0.4) is 0 Å². The van der Waals surface area contributed by atoms with Crippen molar-refractivity contribution < 1.29 is 4.79 Å². The highest BCUT2D eigenvalue weighted by Crippen LogP contribution is 2.26. The Labute approximate surface area is 166 Å². The second-order valence-electron chi connectivity index (χ2n) is 7.81. The molecule has 0 saturated carbocycles. The Hall–Kier alpha value is -1.76. The minimum atomic E-state index is 0.0501. The van der Waals surface area contributed by atoms with E-state index in [1.807, 2.05) is 6.92 Å². The molecule has 0 N–H and O–H groups in total. The zero-order valence-electron chi connectivity index (χ0n) is 16.8. The fraction of sp³-hybridized carbons (Fsp3) is 0.524. The summed E-state index contributed by atoms with van der Waals surface area (Å²) in [5, 5.41) is 2.89. The van der Waals surface area contributed by atoms with Gasteiger partial charge in [-0.3, -0.25) is 19.5 Å². The highest BCUT2D eigenvalue weighted by atomic mass is 32.1. The molecule has 2 aromatic rings. The molecule has 0 unspecified atom stereocenters. The van der Waals surface area contributed by atoms with Gasteiger partial charge >= 0.3 is 0 Å². The second kappa shape index (κ2) is 8.50. The van der Waals surface area contributed by atoms with Gasteiger partial charge in [-0.05, 0) is 26.3 Å². The highest BCUT2D eigenvalue weighted by Gasteiger charge is 2.33. The molecule has 3 rings (SSSR count). The number of thiazole rings is 1. The summed E-state index contributed by atoms with van der Waals surface area (Å²) < 4.78 is 0. The number of anilines is 1. The number of aromatic nitrogens is 1. The maximum atomic E-state index is 11.7. The van der Waals surface area contributed by atoms with Crippen LogP contribution >= 0.6 is 11.3 Å². The summed E-state index contributed by atoms with van der Waals surface area (Å²) in [6, 6.07) is 10.7. The Balaban J connectivity index is 1.61. The molecule has 1 aromatic carbocycles. The van der Waals surface area contributed by atoms with Crippen LogP contribution < -0.4 is 4.90 Å². The molecule has 1 aromatic heterocycles. The van der Waals surface area contributed by atoms with Crippen molar-refractivity contribution >= 4 is 22.4 Å². The van der Waals surface area contributed by atoms with Crippen LogP contribution in [0.1, 0.15) is 39.0 Å². The molecule has 6 heteroatoms. The highest BCUT2D eigenvalue weighted by molar-refractivity contribution is 7.14. The lowest BCUT2D eigenvalue weighted by molar-refractivity contribution is -0.116. The lowest BCUT2D eigenvalue weighted by atomic mass is 9.97. The van der Waals surface area contributed by atoms with Crippen LogP contribution in [0.25, 0.3) is 0 Å². The quantitative estimate of drug-likeness (QED) is 0.760. The molecule has 0 radical (unpaired) electrons. The molecule has 5 nitrogen and oxygen atoms in total. The van der Waals surface area contributed by atoms with E-state index in [2.05, 4.69) is 59.4 Å². The van der Waals surface area contributed by atoms with Crippen molar-refractivity contribution in [2.75, 3.05) is 31.1 Å². The maximum absolute atomic E-state index is 11.7. The Kier molecular flexibility index (Phi) is 6.29. The molecule has 2 heterocycles. The number of amides is 1. The van der Waals surface area contributed by atoms with E-state index in [0.29, 0.717) is 6.54 Å². The van der Waals surface area contributed by atoms with Crippen LogP contribution in [-0.4, -0.2) is 52.4 Å². The molecule has 1 amide bonds. The van der Waals surface area contributed by atoms with Gasteiger partial charge in [-0.2, -0.15) is 0 Å². The van der Waals surface area contributed by atoms with Crippen LogP contribution in [0.5, 0.6) is 0 Å². The van der Waals surface area contributed by atoms with Crippen LogP contribution in [0, 0.1) is 0 Å². The van der Waals surface area contributed by atoms with E-state index < -0.39 is 0 Å². The van der Waals surface area contributed by atoms with E-state index in [9.17, 15) is 4.79 Å². The lowest BCUT2D eigenvalue weighted by Crippen LogP contribution is -2.58. The third kappa shape index (κ3) is 4.94. The minimum Gasteiger partial charge on any atom is -0.294 e. The van der Waals surface area contributed by atoms with E-state index in [1.165, 1.54) is 5.56 Å². The third-order valence-corrected chi connectivity index (χ3v) is 6.13. The molecular formula is C21H30N4OS. The van der Waals surface area contributed by atoms with Gasteiger partial charge < -0.3 is 0 Å². The second-order valence-corrected chi connectivity index (χ2v) is 8.65. The number of hydrogen-bond acceptors (Lipinski definition) is 5. The maximum Gasteiger partial charge on any atom is 0.225 e. The van der Waals surface area contributed by atoms with Crippen molar-refractivity contribution in [3.8, 4) is 0 Å². The largest absolute Gasteiger partial charge is 0.294 e. The molecular weight excluding hydrogens is 356 g/mol. The first-order valence-corrected chi connectivity index (χ1v) is 10.5. The molecule has 0 spiro atoms. The Bertz CT molecular complexity index is 759. The first-order valence-electron chi connectivity index (χ1n) is 9.63. The molecule has 27 heavy (non-hydrogen) atoms. The Morgan fingerprint density at radius 3 is 2.59 bits per heavy atom. The first kappa shape index (κ1) is 20.0. The van der Waals surface area contributed by atoms with Crippen molar-refractivity contribution in [2.24, 2.45) is 0 Å². The summed E-state index contributed by atoms with van der Waals surface area (Å²) in [6.45, 7) is 13.8. The number of benzene rings is 1. The molecule has 0 aliphatic carbocycles. The summed E-state index contributed by atoms with van der Waals surface area (Å²) in [4.78, 5) is 23.2. The fourth-order valence-electron chi connectivity index (χ4n) is 3.74. The van der Waals surface area contributed by atoms with Crippen molar-refractivity contribution in [2.45, 2.75) is 46.3 Å². The Morgan fingerprint density at radius 2 is 1.96 bits per heavy atom. The molecule has 1 aliphatic rings. The lowest BCUT2D eigenvalue weighted by Gasteiger charge is -2.47. The molecule has 1 fully saturated rings. The van der Waals surface area contributed by atoms with Crippen LogP contribution in [-0.2, 0) is 17.9 Å². The zero-order chi connectivity index (χ0) is 19.4. The van der Waals surface area contributed by atoms with Gasteiger partial charge in [0.05, 0.1) is 5.69 Å². The smallest absolute Gasteiger partial charge is 0.225 e.